The molecule has 5 rings (SSSR count). The molecule has 2 unspecified atom stereocenters. The first-order valence-electron chi connectivity index (χ1n) is 18.6. The maximum Gasteiger partial charge on any atom is 0.418 e. The van der Waals surface area contributed by atoms with Gasteiger partial charge in [-0.25, -0.2) is 4.39 Å². The number of aromatic nitrogens is 1. The quantitative estimate of drug-likeness (QED) is 0.0468. The molecule has 1 aliphatic carbocycles. The third-order valence-corrected chi connectivity index (χ3v) is 11.3. The highest BCUT2D eigenvalue weighted by Crippen LogP contribution is 2.41. The van der Waals surface area contributed by atoms with E-state index in [0.29, 0.717) is 24.1 Å². The first-order chi connectivity index (χ1) is 26.0. The molecule has 294 valence electrons. The Morgan fingerprint density at radius 2 is 1.56 bits per heavy atom. The Bertz CT molecular complexity index is 2080. The molecule has 55 heavy (non-hydrogen) atoms. The second-order valence-electron chi connectivity index (χ2n) is 14.9. The molecule has 0 saturated carbocycles. The largest absolute Gasteiger partial charge is 0.508 e. The molecule has 5 N–H and O–H groups in total. The van der Waals surface area contributed by atoms with Crippen LogP contribution in [0.5, 0.6) is 11.5 Å². The van der Waals surface area contributed by atoms with Crippen molar-refractivity contribution < 1.29 is 47.0 Å². The van der Waals surface area contributed by atoms with E-state index in [0.717, 1.165) is 12.1 Å². The van der Waals surface area contributed by atoms with Gasteiger partial charge in [0.05, 0.1) is 16.8 Å². The number of halogens is 4. The fourth-order valence-corrected chi connectivity index (χ4v) is 7.54. The van der Waals surface area contributed by atoms with E-state index in [1.807, 2.05) is 13.8 Å². The third-order valence-electron chi connectivity index (χ3n) is 11.3. The Hall–Kier alpha value is -5.20. The standard InChI is InChI=1S/C42H47F4N3O6/c1-5-23(3)29(19-27(51)18-25-10-7-8-13-33(25)43)40(55)49-41(17-16-34-31(22-41)28-11-9-12-32(38(28)47-34)42(44,45)46)37(53)21-30(24(4)6-2)39(54)48-35-15-14-26(50)20-36(35)52/h7-15,20,23-24,29-30,47,50,52H,5-6,16-19,21-22H2,1-4H3,(H,48,54)(H,49,55)/t23?,24?,29-,30-,41+/m0/s1. The highest BCUT2D eigenvalue weighted by molar-refractivity contribution is 6.01. The molecule has 0 saturated heterocycles. The maximum atomic E-state index is 14.8. The Morgan fingerprint density at radius 3 is 2.20 bits per heavy atom. The number of amides is 2. The minimum Gasteiger partial charge on any atom is -0.508 e. The number of hydrogen-bond acceptors (Lipinski definition) is 6. The summed E-state index contributed by atoms with van der Waals surface area (Å²) in [5, 5.41) is 25.9. The van der Waals surface area contributed by atoms with Crippen LogP contribution in [0.4, 0.5) is 23.2 Å². The van der Waals surface area contributed by atoms with Crippen LogP contribution in [0, 0.1) is 29.5 Å². The molecule has 2 amide bonds. The minimum absolute atomic E-state index is 0.00272. The van der Waals surface area contributed by atoms with Gasteiger partial charge < -0.3 is 25.8 Å². The topological polar surface area (TPSA) is 149 Å². The van der Waals surface area contributed by atoms with Gasteiger partial charge in [0, 0.05) is 54.7 Å². The number of phenolic OH excluding ortho intramolecular Hbond substituents is 2. The number of benzene rings is 3. The first-order valence-corrected chi connectivity index (χ1v) is 18.6. The number of H-pyrrole nitrogens is 1. The van der Waals surface area contributed by atoms with E-state index in [1.54, 1.807) is 19.9 Å². The Labute approximate surface area is 316 Å². The van der Waals surface area contributed by atoms with E-state index in [4.69, 9.17) is 0 Å². The van der Waals surface area contributed by atoms with Crippen molar-refractivity contribution >= 4 is 40.0 Å². The summed E-state index contributed by atoms with van der Waals surface area (Å²) < 4.78 is 56.7. The number of carbonyl (C=O) groups excluding carboxylic acids is 4. The molecule has 0 radical (unpaired) electrons. The lowest BCUT2D eigenvalue weighted by molar-refractivity contribution is -0.138. The summed E-state index contributed by atoms with van der Waals surface area (Å²) in [6.45, 7) is 7.29. The number of para-hydroxylation sites is 1. The number of Topliss-reactive ketones (excluding diaryl/α,β-unsaturated/α-hetero) is 2. The lowest BCUT2D eigenvalue weighted by Crippen LogP contribution is -2.60. The third kappa shape index (κ3) is 9.03. The average molecular weight is 766 g/mol. The zero-order valence-electron chi connectivity index (χ0n) is 31.3. The molecule has 4 aromatic rings. The number of fused-ring (bicyclic) bond motifs is 3. The molecule has 0 bridgehead atoms. The predicted molar refractivity (Wildman–Crippen MR) is 200 cm³/mol. The van der Waals surface area contributed by atoms with E-state index >= 15 is 0 Å². The molecule has 1 aliphatic rings. The van der Waals surface area contributed by atoms with Gasteiger partial charge in [-0.15, -0.1) is 0 Å². The number of aromatic hydroxyl groups is 2. The zero-order valence-corrected chi connectivity index (χ0v) is 31.3. The number of aryl methyl sites for hydroxylation is 1. The van der Waals surface area contributed by atoms with Crippen molar-refractivity contribution in [2.45, 2.75) is 90.8 Å². The van der Waals surface area contributed by atoms with Crippen molar-refractivity contribution in [3.05, 3.63) is 88.9 Å². The number of carbonyl (C=O) groups is 4. The SMILES string of the molecule is CCC(C)[C@H](CC(=O)[C@@]1(NC(=O)[C@@H](CC(=O)Cc2ccccc2F)C(C)CC)CCc2[nH]c3c(C(F)(F)F)cccc3c2C1)C(=O)Nc1ccc(O)cc1O. The average Bonchev–Trinajstić information content (AvgIpc) is 3.51. The smallest absolute Gasteiger partial charge is 0.418 e. The summed E-state index contributed by atoms with van der Waals surface area (Å²) in [6.07, 6.45) is -4.56. The molecule has 1 heterocycles. The molecule has 9 nitrogen and oxygen atoms in total. The normalized spacial score (nSPS) is 17.8. The van der Waals surface area contributed by atoms with Gasteiger partial charge >= 0.3 is 6.18 Å². The van der Waals surface area contributed by atoms with Crippen LogP contribution in [0.3, 0.4) is 0 Å². The summed E-state index contributed by atoms with van der Waals surface area (Å²) in [6, 6.07) is 13.3. The van der Waals surface area contributed by atoms with Gasteiger partial charge in [0.2, 0.25) is 11.8 Å². The number of phenols is 2. The van der Waals surface area contributed by atoms with E-state index in [2.05, 4.69) is 15.6 Å². The fourth-order valence-electron chi connectivity index (χ4n) is 7.54. The molecule has 3 aromatic carbocycles. The second-order valence-corrected chi connectivity index (χ2v) is 14.9. The highest BCUT2D eigenvalue weighted by Gasteiger charge is 2.47. The van der Waals surface area contributed by atoms with Crippen LogP contribution >= 0.6 is 0 Å². The van der Waals surface area contributed by atoms with E-state index in [1.165, 1.54) is 42.5 Å². The fraction of sp³-hybridized carbons (Fsp3) is 0.429. The number of anilines is 1. The summed E-state index contributed by atoms with van der Waals surface area (Å²) in [7, 11) is 0. The van der Waals surface area contributed by atoms with Crippen molar-refractivity contribution in [3.8, 4) is 11.5 Å². The van der Waals surface area contributed by atoms with Crippen molar-refractivity contribution in [3.63, 3.8) is 0 Å². The van der Waals surface area contributed by atoms with Crippen molar-refractivity contribution in [1.82, 2.24) is 10.3 Å². The molecule has 0 spiro atoms. The van der Waals surface area contributed by atoms with Crippen LogP contribution in [0.15, 0.2) is 60.7 Å². The Kier molecular flexibility index (Phi) is 12.4. The molecule has 5 atom stereocenters. The van der Waals surface area contributed by atoms with Crippen LogP contribution in [-0.4, -0.2) is 44.1 Å². The van der Waals surface area contributed by atoms with Crippen molar-refractivity contribution in [1.29, 1.82) is 0 Å². The number of nitrogens with one attached hydrogen (secondary N) is 3. The van der Waals surface area contributed by atoms with Gasteiger partial charge in [0.25, 0.3) is 0 Å². The molecular formula is C42H47F4N3O6. The zero-order chi connectivity index (χ0) is 40.2. The Balaban J connectivity index is 1.52. The summed E-state index contributed by atoms with van der Waals surface area (Å²) in [4.78, 5) is 59.3. The van der Waals surface area contributed by atoms with Gasteiger partial charge in [-0.2, -0.15) is 13.2 Å². The number of ketones is 2. The highest BCUT2D eigenvalue weighted by atomic mass is 19.4. The first kappa shape index (κ1) is 41.0. The van der Waals surface area contributed by atoms with Crippen LogP contribution in [0.1, 0.15) is 82.2 Å². The predicted octanol–water partition coefficient (Wildman–Crippen LogP) is 8.21. The van der Waals surface area contributed by atoms with E-state index in [9.17, 15) is 47.0 Å². The molecular weight excluding hydrogens is 718 g/mol. The van der Waals surface area contributed by atoms with Gasteiger partial charge in [0.1, 0.15) is 28.6 Å². The van der Waals surface area contributed by atoms with Gasteiger partial charge in [-0.05, 0) is 60.1 Å². The molecule has 0 fully saturated rings. The number of rotatable bonds is 15. The van der Waals surface area contributed by atoms with E-state index < -0.39 is 52.5 Å². The van der Waals surface area contributed by atoms with Crippen LogP contribution < -0.4 is 10.6 Å². The Morgan fingerprint density at radius 1 is 0.891 bits per heavy atom. The summed E-state index contributed by atoms with van der Waals surface area (Å²) in [5.74, 6) is -5.78. The molecule has 1 aromatic heterocycles. The van der Waals surface area contributed by atoms with Crippen molar-refractivity contribution in [2.75, 3.05) is 5.32 Å². The number of aromatic amines is 1. The minimum atomic E-state index is -4.66. The second kappa shape index (κ2) is 16.7. The number of hydrogen-bond donors (Lipinski definition) is 5. The van der Waals surface area contributed by atoms with Gasteiger partial charge in [-0.1, -0.05) is 70.9 Å². The maximum absolute atomic E-state index is 14.8. The van der Waals surface area contributed by atoms with Crippen LogP contribution in [0.25, 0.3) is 10.9 Å². The van der Waals surface area contributed by atoms with Crippen molar-refractivity contribution in [2.24, 2.45) is 23.7 Å². The van der Waals surface area contributed by atoms with Crippen LogP contribution in [0.2, 0.25) is 0 Å². The van der Waals surface area contributed by atoms with Crippen LogP contribution in [-0.2, 0) is 44.6 Å². The number of alkyl halides is 3. The molecule has 0 aliphatic heterocycles. The van der Waals surface area contributed by atoms with E-state index in [-0.39, 0.29) is 89.8 Å². The van der Waals surface area contributed by atoms with Gasteiger partial charge in [-0.3, -0.25) is 19.2 Å². The lowest BCUT2D eigenvalue weighted by Gasteiger charge is -2.39. The lowest BCUT2D eigenvalue weighted by atomic mass is 9.72. The van der Waals surface area contributed by atoms with Gasteiger partial charge in [0.15, 0.2) is 5.78 Å². The summed E-state index contributed by atoms with van der Waals surface area (Å²) >= 11 is 0. The monoisotopic (exact) mass is 765 g/mol. The summed E-state index contributed by atoms with van der Waals surface area (Å²) in [5.41, 5.74) is -1.51. The molecule has 13 heteroatoms.